The maximum Gasteiger partial charge on any atom is 0.269 e. The fourth-order valence-electron chi connectivity index (χ4n) is 3.82. The Hall–Kier alpha value is -2.89. The first kappa shape index (κ1) is 18.9. The summed E-state index contributed by atoms with van der Waals surface area (Å²) in [6, 6.07) is 12.0. The summed E-state index contributed by atoms with van der Waals surface area (Å²) < 4.78 is 1.72. The third-order valence-electron chi connectivity index (χ3n) is 5.22. The third kappa shape index (κ3) is 3.94. The van der Waals surface area contributed by atoms with E-state index in [2.05, 4.69) is 34.4 Å². The van der Waals surface area contributed by atoms with Crippen LogP contribution in [0.25, 0.3) is 0 Å². The van der Waals surface area contributed by atoms with E-state index >= 15 is 0 Å². The Balaban J connectivity index is 1.69. The molecule has 1 fully saturated rings. The van der Waals surface area contributed by atoms with Crippen molar-refractivity contribution in [1.29, 1.82) is 0 Å². The summed E-state index contributed by atoms with van der Waals surface area (Å²) in [5, 5.41) is 10.4. The molecule has 1 heterocycles. The van der Waals surface area contributed by atoms with Crippen LogP contribution in [0.4, 0.5) is 0 Å². The number of benzene rings is 1. The van der Waals surface area contributed by atoms with Gasteiger partial charge < -0.3 is 10.6 Å². The van der Waals surface area contributed by atoms with E-state index in [1.54, 1.807) is 4.68 Å². The zero-order valence-electron chi connectivity index (χ0n) is 15.9. The number of amides is 2. The Morgan fingerprint density at radius 3 is 2.67 bits per heavy atom. The molecule has 0 radical (unpaired) electrons. The van der Waals surface area contributed by atoms with E-state index in [0.29, 0.717) is 18.8 Å². The summed E-state index contributed by atoms with van der Waals surface area (Å²) in [5.74, 6) is -0.278. The van der Waals surface area contributed by atoms with Gasteiger partial charge in [-0.05, 0) is 44.4 Å². The van der Waals surface area contributed by atoms with E-state index in [0.717, 1.165) is 18.5 Å². The van der Waals surface area contributed by atoms with Gasteiger partial charge in [0.25, 0.3) is 5.91 Å². The van der Waals surface area contributed by atoms with Crippen molar-refractivity contribution in [2.75, 3.05) is 6.54 Å². The Labute approximate surface area is 159 Å². The van der Waals surface area contributed by atoms with E-state index in [1.165, 1.54) is 11.6 Å². The molecular weight excluding hydrogens is 340 g/mol. The number of carbonyl (C=O) groups excluding carboxylic acids is 2. The number of aromatic nitrogens is 2. The van der Waals surface area contributed by atoms with Gasteiger partial charge in [0.1, 0.15) is 5.69 Å². The minimum absolute atomic E-state index is 0.0684. The van der Waals surface area contributed by atoms with Crippen LogP contribution in [0.2, 0.25) is 0 Å². The molecule has 1 saturated carbocycles. The van der Waals surface area contributed by atoms with Crippen molar-refractivity contribution < 1.29 is 9.59 Å². The fraction of sp³-hybridized carbons (Fsp3) is 0.381. The van der Waals surface area contributed by atoms with E-state index in [9.17, 15) is 9.59 Å². The lowest BCUT2D eigenvalue weighted by Crippen LogP contribution is -2.57. The minimum Gasteiger partial charge on any atom is -0.352 e. The summed E-state index contributed by atoms with van der Waals surface area (Å²) >= 11 is 0. The highest BCUT2D eigenvalue weighted by Crippen LogP contribution is 2.43. The number of carbonyl (C=O) groups is 2. The number of hydrogen-bond donors (Lipinski definition) is 2. The lowest BCUT2D eigenvalue weighted by molar-refractivity contribution is -0.117. The monoisotopic (exact) mass is 366 g/mol. The number of nitrogens with zero attached hydrogens (tertiary/aromatic N) is 2. The van der Waals surface area contributed by atoms with Crippen LogP contribution in [-0.4, -0.2) is 34.2 Å². The average Bonchev–Trinajstić information content (AvgIpc) is 3.04. The highest BCUT2D eigenvalue weighted by atomic mass is 16.2. The molecule has 6 heteroatoms. The molecule has 0 aliphatic heterocycles. The van der Waals surface area contributed by atoms with E-state index < -0.39 is 0 Å². The van der Waals surface area contributed by atoms with Crippen LogP contribution in [0.15, 0.2) is 49.1 Å². The summed E-state index contributed by atoms with van der Waals surface area (Å²) in [5.41, 5.74) is 2.43. The van der Waals surface area contributed by atoms with Gasteiger partial charge in [-0.3, -0.25) is 14.3 Å². The molecule has 1 aromatic carbocycles. The summed E-state index contributed by atoms with van der Waals surface area (Å²) in [7, 11) is 0. The first-order valence-electron chi connectivity index (χ1n) is 9.28. The van der Waals surface area contributed by atoms with Crippen molar-refractivity contribution >= 4 is 11.8 Å². The van der Waals surface area contributed by atoms with Gasteiger partial charge in [0.15, 0.2) is 0 Å². The molecule has 1 aliphatic carbocycles. The third-order valence-corrected chi connectivity index (χ3v) is 5.22. The van der Waals surface area contributed by atoms with Crippen LogP contribution in [0.1, 0.15) is 41.5 Å². The highest BCUT2D eigenvalue weighted by Gasteiger charge is 2.46. The lowest BCUT2D eigenvalue weighted by atomic mass is 9.61. The van der Waals surface area contributed by atoms with Crippen LogP contribution in [0.5, 0.6) is 0 Å². The number of nitrogens with one attached hydrogen (secondary N) is 2. The molecule has 0 spiro atoms. The van der Waals surface area contributed by atoms with Crippen molar-refractivity contribution in [3.05, 3.63) is 66.0 Å². The zero-order valence-corrected chi connectivity index (χ0v) is 15.9. The number of aryl methyl sites for hydroxylation is 2. The second-order valence-electron chi connectivity index (χ2n) is 7.13. The van der Waals surface area contributed by atoms with Crippen LogP contribution in [0, 0.1) is 6.92 Å². The van der Waals surface area contributed by atoms with Crippen LogP contribution in [0.3, 0.4) is 0 Å². The molecule has 2 aromatic rings. The van der Waals surface area contributed by atoms with Crippen molar-refractivity contribution in [2.45, 2.75) is 44.7 Å². The SMILES string of the molecule is C=CC(=O)NCC1(c2ccccc2)CC(NC(=O)c2cc(C)nn2CC)C1. The van der Waals surface area contributed by atoms with Gasteiger partial charge in [0, 0.05) is 24.5 Å². The van der Waals surface area contributed by atoms with Gasteiger partial charge in [0.05, 0.1) is 5.69 Å². The van der Waals surface area contributed by atoms with Gasteiger partial charge in [-0.15, -0.1) is 0 Å². The van der Waals surface area contributed by atoms with E-state index in [4.69, 9.17) is 0 Å². The number of rotatable bonds is 7. The van der Waals surface area contributed by atoms with Gasteiger partial charge in [-0.1, -0.05) is 36.9 Å². The summed E-state index contributed by atoms with van der Waals surface area (Å²) in [6.07, 6.45) is 2.84. The molecule has 142 valence electrons. The van der Waals surface area contributed by atoms with E-state index in [1.807, 2.05) is 38.1 Å². The Morgan fingerprint density at radius 2 is 2.04 bits per heavy atom. The van der Waals surface area contributed by atoms with Gasteiger partial charge in [0.2, 0.25) is 5.91 Å². The average molecular weight is 366 g/mol. The smallest absolute Gasteiger partial charge is 0.269 e. The molecule has 27 heavy (non-hydrogen) atoms. The molecule has 2 N–H and O–H groups in total. The van der Waals surface area contributed by atoms with Crippen molar-refractivity contribution in [3.63, 3.8) is 0 Å². The molecule has 0 atom stereocenters. The lowest BCUT2D eigenvalue weighted by Gasteiger charge is -2.48. The number of hydrogen-bond acceptors (Lipinski definition) is 3. The first-order valence-corrected chi connectivity index (χ1v) is 9.28. The predicted molar refractivity (Wildman–Crippen MR) is 104 cm³/mol. The molecule has 0 saturated heterocycles. The highest BCUT2D eigenvalue weighted by molar-refractivity contribution is 5.93. The Kier molecular flexibility index (Phi) is 5.44. The second-order valence-corrected chi connectivity index (χ2v) is 7.13. The molecule has 0 unspecified atom stereocenters. The zero-order chi connectivity index (χ0) is 19.4. The van der Waals surface area contributed by atoms with Crippen molar-refractivity contribution in [2.24, 2.45) is 0 Å². The molecule has 3 rings (SSSR count). The molecular formula is C21H26N4O2. The van der Waals surface area contributed by atoms with Gasteiger partial charge >= 0.3 is 0 Å². The molecule has 0 bridgehead atoms. The maximum atomic E-state index is 12.6. The molecule has 2 amide bonds. The largest absolute Gasteiger partial charge is 0.352 e. The minimum atomic E-state index is -0.180. The van der Waals surface area contributed by atoms with Gasteiger partial charge in [-0.25, -0.2) is 0 Å². The quantitative estimate of drug-likeness (QED) is 0.739. The summed E-state index contributed by atoms with van der Waals surface area (Å²) in [6.45, 7) is 8.54. The molecule has 1 aliphatic rings. The van der Waals surface area contributed by atoms with Crippen LogP contribution < -0.4 is 10.6 Å². The fourth-order valence-corrected chi connectivity index (χ4v) is 3.82. The topological polar surface area (TPSA) is 76.0 Å². The standard InChI is InChI=1S/C21H26N4O2/c1-4-19(26)22-14-21(16-9-7-6-8-10-16)12-17(13-21)23-20(27)18-11-15(3)24-25(18)5-2/h4,6-11,17H,1,5,12-14H2,2-3H3,(H,22,26)(H,23,27). The first-order chi connectivity index (χ1) is 13.0. The van der Waals surface area contributed by atoms with Crippen molar-refractivity contribution in [3.8, 4) is 0 Å². The summed E-state index contributed by atoms with van der Waals surface area (Å²) in [4.78, 5) is 24.3. The Morgan fingerprint density at radius 1 is 1.33 bits per heavy atom. The maximum absolute atomic E-state index is 12.6. The van der Waals surface area contributed by atoms with E-state index in [-0.39, 0.29) is 23.3 Å². The second kappa shape index (κ2) is 7.78. The molecule has 1 aromatic heterocycles. The predicted octanol–water partition coefficient (Wildman–Crippen LogP) is 2.34. The van der Waals surface area contributed by atoms with Crippen molar-refractivity contribution in [1.82, 2.24) is 20.4 Å². The van der Waals surface area contributed by atoms with Gasteiger partial charge in [-0.2, -0.15) is 5.10 Å². The Bertz CT molecular complexity index is 835. The molecule has 6 nitrogen and oxygen atoms in total. The normalized spacial score (nSPS) is 21.2. The van der Waals surface area contributed by atoms with Crippen LogP contribution in [-0.2, 0) is 16.8 Å². The van der Waals surface area contributed by atoms with Crippen LogP contribution >= 0.6 is 0 Å².